The molecular weight excluding hydrogens is 852 g/mol. The molecule has 8 rings (SSSR count). The van der Waals surface area contributed by atoms with E-state index in [2.05, 4.69) is 68.2 Å². The second-order valence-corrected chi connectivity index (χ2v) is 20.4. The fourth-order valence-electron chi connectivity index (χ4n) is 9.94. The van der Waals surface area contributed by atoms with E-state index in [1.54, 1.807) is 19.1 Å². The summed E-state index contributed by atoms with van der Waals surface area (Å²) >= 11 is 0. The lowest BCUT2D eigenvalue weighted by atomic mass is 9.70. The van der Waals surface area contributed by atoms with Gasteiger partial charge in [-0.05, 0) is 105 Å². The number of piperidine rings is 1. The molecule has 1 saturated carbocycles. The van der Waals surface area contributed by atoms with Gasteiger partial charge in [-0.2, -0.15) is 0 Å². The van der Waals surface area contributed by atoms with E-state index in [1.165, 1.54) is 54.9 Å². The minimum atomic E-state index is -4.68. The topological polar surface area (TPSA) is 196 Å². The van der Waals surface area contributed by atoms with Crippen molar-refractivity contribution in [3.8, 4) is 11.5 Å². The number of hydrogen-bond donors (Lipinski definition) is 4. The number of ether oxygens (including phenoxy) is 1. The Kier molecular flexibility index (Phi) is 13.2. The van der Waals surface area contributed by atoms with Gasteiger partial charge in [-0.3, -0.25) is 19.8 Å². The fourth-order valence-corrected chi connectivity index (χ4v) is 10.9. The highest BCUT2D eigenvalue weighted by molar-refractivity contribution is 7.90. The summed E-state index contributed by atoms with van der Waals surface area (Å²) in [5, 5.41) is 25.4. The van der Waals surface area contributed by atoms with E-state index in [0.29, 0.717) is 55.8 Å². The minimum Gasteiger partial charge on any atom is -0.455 e. The molecule has 3 aromatic heterocycles. The lowest BCUT2D eigenvalue weighted by Gasteiger charge is -2.57. The second-order valence-electron chi connectivity index (χ2n) is 18.7. The van der Waals surface area contributed by atoms with Gasteiger partial charge in [0, 0.05) is 62.8 Å². The first kappa shape index (κ1) is 45.9. The average Bonchev–Trinajstić information content (AvgIpc) is 3.91. The van der Waals surface area contributed by atoms with Gasteiger partial charge in [-0.1, -0.05) is 51.5 Å². The maximum Gasteiger partial charge on any atom is 0.312 e. The van der Waals surface area contributed by atoms with Crippen LogP contribution in [-0.2, 0) is 10.0 Å². The quantitative estimate of drug-likeness (QED) is 0.0393. The zero-order valence-electron chi connectivity index (χ0n) is 37.5. The van der Waals surface area contributed by atoms with Crippen LogP contribution in [0.5, 0.6) is 11.5 Å². The van der Waals surface area contributed by atoms with Crippen LogP contribution in [-0.4, -0.2) is 88.6 Å². The largest absolute Gasteiger partial charge is 0.455 e. The van der Waals surface area contributed by atoms with Gasteiger partial charge >= 0.3 is 5.69 Å². The molecule has 346 valence electrons. The summed E-state index contributed by atoms with van der Waals surface area (Å²) < 4.78 is 50.2. The first-order chi connectivity index (χ1) is 31.0. The van der Waals surface area contributed by atoms with Crippen molar-refractivity contribution in [3.05, 3.63) is 106 Å². The molecule has 5 heterocycles. The summed E-state index contributed by atoms with van der Waals surface area (Å²) in [5.41, 5.74) is 2.75. The van der Waals surface area contributed by atoms with Gasteiger partial charge in [-0.25, -0.2) is 27.5 Å². The number of likely N-dealkylation sites (tertiary alicyclic amines) is 1. The molecule has 65 heavy (non-hydrogen) atoms. The van der Waals surface area contributed by atoms with Crippen molar-refractivity contribution in [1.82, 2.24) is 24.6 Å². The summed E-state index contributed by atoms with van der Waals surface area (Å²) in [6.45, 7) is 12.2. The monoisotopic (exact) mass is 910 g/mol. The maximum atomic E-state index is 14.6. The normalized spacial score (nSPS) is 19.6. The Bertz CT molecular complexity index is 2660. The van der Waals surface area contributed by atoms with Crippen LogP contribution >= 0.6 is 0 Å². The Labute approximate surface area is 379 Å². The van der Waals surface area contributed by atoms with Gasteiger partial charge in [0.15, 0.2) is 0 Å². The highest BCUT2D eigenvalue weighted by Gasteiger charge is 2.49. The highest BCUT2D eigenvalue weighted by atomic mass is 32.2. The SMILES string of the molecule is CC[C@@](C)(O)CCCCNc1ncc(S(=O)(=O)NC(=O)c2ccc(N3CCC4(CC3)CN([C@H]3CCC[C@H]3c3ccccc3C(C)C)C4)cc2Oc2cnc3[nH]cc(F)c3c2)cc1[N+](=O)[O-]. The van der Waals surface area contributed by atoms with Gasteiger partial charge in [0.25, 0.3) is 15.9 Å². The molecule has 17 heteroatoms. The summed E-state index contributed by atoms with van der Waals surface area (Å²) in [4.78, 5) is 40.6. The van der Waals surface area contributed by atoms with Crippen LogP contribution in [0.3, 0.4) is 0 Å². The summed E-state index contributed by atoms with van der Waals surface area (Å²) in [6.07, 6.45) is 11.6. The molecule has 5 aromatic rings. The van der Waals surface area contributed by atoms with Gasteiger partial charge in [0.1, 0.15) is 27.9 Å². The van der Waals surface area contributed by atoms with E-state index in [4.69, 9.17) is 4.74 Å². The van der Waals surface area contributed by atoms with Crippen molar-refractivity contribution in [2.45, 2.75) is 114 Å². The number of nitro groups is 1. The molecule has 0 unspecified atom stereocenters. The molecule has 4 N–H and O–H groups in total. The van der Waals surface area contributed by atoms with Crippen LogP contribution in [0.2, 0.25) is 0 Å². The molecule has 0 bridgehead atoms. The van der Waals surface area contributed by atoms with Crippen LogP contribution < -0.4 is 19.7 Å². The number of pyridine rings is 2. The van der Waals surface area contributed by atoms with Crippen LogP contribution in [0.15, 0.2) is 78.1 Å². The van der Waals surface area contributed by atoms with Crippen molar-refractivity contribution >= 4 is 44.2 Å². The number of aliphatic hydroxyl groups is 1. The van der Waals surface area contributed by atoms with E-state index in [0.717, 1.165) is 57.0 Å². The van der Waals surface area contributed by atoms with Crippen molar-refractivity contribution in [2.75, 3.05) is 42.9 Å². The molecule has 2 aliphatic heterocycles. The number of nitrogens with one attached hydrogen (secondary N) is 3. The number of nitrogens with zero attached hydrogens (tertiary/aromatic N) is 5. The van der Waals surface area contributed by atoms with Crippen LogP contribution in [0.25, 0.3) is 11.0 Å². The first-order valence-corrected chi connectivity index (χ1v) is 24.2. The second kappa shape index (κ2) is 18.7. The molecule has 3 aliphatic rings. The molecule has 15 nitrogen and oxygen atoms in total. The summed E-state index contributed by atoms with van der Waals surface area (Å²) in [5.74, 6) is -0.539. The number of halogens is 1. The number of carbonyl (C=O) groups is 1. The summed E-state index contributed by atoms with van der Waals surface area (Å²) in [6, 6.07) is 16.7. The molecule has 2 saturated heterocycles. The molecular formula is C48H59FN8O7S. The number of anilines is 2. The van der Waals surface area contributed by atoms with Gasteiger partial charge in [-0.15, -0.1) is 0 Å². The number of benzene rings is 2. The number of fused-ring (bicyclic) bond motifs is 1. The Hall–Kier alpha value is -5.65. The number of H-pyrrole nitrogens is 1. The van der Waals surface area contributed by atoms with Crippen molar-refractivity contribution in [2.24, 2.45) is 5.41 Å². The van der Waals surface area contributed by atoms with E-state index >= 15 is 0 Å². The van der Waals surface area contributed by atoms with Crippen LogP contribution in [0.1, 0.15) is 119 Å². The van der Waals surface area contributed by atoms with Crippen molar-refractivity contribution in [3.63, 3.8) is 0 Å². The zero-order chi connectivity index (χ0) is 46.1. The third kappa shape index (κ3) is 9.97. The molecule has 2 aromatic carbocycles. The third-order valence-corrected chi connectivity index (χ3v) is 15.2. The minimum absolute atomic E-state index is 0.0143. The molecule has 1 amide bonds. The summed E-state index contributed by atoms with van der Waals surface area (Å²) in [7, 11) is -4.68. The first-order valence-electron chi connectivity index (χ1n) is 22.8. The van der Waals surface area contributed by atoms with E-state index < -0.39 is 42.9 Å². The number of aromatic nitrogens is 3. The standard InChI is InChI=1S/C48H59FN8O7S/c1-5-47(4,59)17-8-9-20-50-45-42(57(60)61)25-34(27-52-45)65(62,63)54-46(58)38-16-15-32(23-43(38)64-33-24-39-40(49)28-53-44(39)51-26-33)55-21-18-48(19-22-55)29-56(30-48)41-14-10-13-37(41)36-12-7-6-11-35(36)31(2)3/h6-7,11-12,15-16,23-28,31,37,41,59H,5,8-10,13-14,17-22,29-30H2,1-4H3,(H,50,52)(H,51,53)(H,54,58)/t37-,41-,47+/m0/s1. The number of sulfonamides is 1. The van der Waals surface area contributed by atoms with E-state index in [1.807, 2.05) is 11.6 Å². The Morgan fingerprint density at radius 1 is 1.09 bits per heavy atom. The Balaban J connectivity index is 0.968. The zero-order valence-corrected chi connectivity index (χ0v) is 38.3. The predicted molar refractivity (Wildman–Crippen MR) is 248 cm³/mol. The van der Waals surface area contributed by atoms with Crippen molar-refractivity contribution < 1.29 is 32.4 Å². The third-order valence-electron chi connectivity index (χ3n) is 13.9. The van der Waals surface area contributed by atoms with Crippen LogP contribution in [0.4, 0.5) is 21.6 Å². The lowest BCUT2D eigenvalue weighted by Crippen LogP contribution is -2.63. The molecule has 1 aliphatic carbocycles. The van der Waals surface area contributed by atoms with E-state index in [9.17, 15) is 32.8 Å². The van der Waals surface area contributed by atoms with Gasteiger partial charge < -0.3 is 25.0 Å². The fraction of sp³-hybridized carbons (Fsp3) is 0.479. The average molecular weight is 911 g/mol. The number of hydrogen-bond acceptors (Lipinski definition) is 12. The Morgan fingerprint density at radius 2 is 1.86 bits per heavy atom. The highest BCUT2D eigenvalue weighted by Crippen LogP contribution is 2.49. The number of carbonyl (C=O) groups excluding carboxylic acids is 1. The Morgan fingerprint density at radius 3 is 2.60 bits per heavy atom. The number of unbranched alkanes of at least 4 members (excludes halogenated alkanes) is 1. The van der Waals surface area contributed by atoms with Crippen LogP contribution in [0, 0.1) is 21.3 Å². The molecule has 3 atom stereocenters. The van der Waals surface area contributed by atoms with Gasteiger partial charge in [0.05, 0.1) is 33.9 Å². The maximum absolute atomic E-state index is 14.6. The number of rotatable bonds is 17. The molecule has 3 fully saturated rings. The van der Waals surface area contributed by atoms with E-state index in [-0.39, 0.29) is 33.7 Å². The lowest BCUT2D eigenvalue weighted by molar-refractivity contribution is -0.384. The van der Waals surface area contributed by atoms with Crippen molar-refractivity contribution in [1.29, 1.82) is 0 Å². The molecule has 0 radical (unpaired) electrons. The number of aromatic amines is 1. The van der Waals surface area contributed by atoms with Gasteiger partial charge in [0.2, 0.25) is 5.82 Å². The predicted octanol–water partition coefficient (Wildman–Crippen LogP) is 9.02. The number of amides is 1. The molecule has 1 spiro atoms. The smallest absolute Gasteiger partial charge is 0.312 e.